The highest BCUT2D eigenvalue weighted by atomic mass is 16.4. The molecule has 1 aromatic carbocycles. The Kier molecular flexibility index (Phi) is 7.43. The van der Waals surface area contributed by atoms with E-state index >= 15 is 0 Å². The van der Waals surface area contributed by atoms with Gasteiger partial charge in [0.25, 0.3) is 0 Å². The summed E-state index contributed by atoms with van der Waals surface area (Å²) in [6, 6.07) is 2.75. The Morgan fingerprint density at radius 3 is 2.05 bits per heavy atom. The monoisotopic (exact) mass is 308 g/mol. The van der Waals surface area contributed by atoms with Crippen molar-refractivity contribution in [1.29, 1.82) is 0 Å². The SMILES string of the molecule is CCCCCCCCCc1ccc(C(=O)O)c(C(=O)O)c1O. The molecular formula is C17H24O5. The van der Waals surface area contributed by atoms with Crippen molar-refractivity contribution in [2.75, 3.05) is 0 Å². The van der Waals surface area contributed by atoms with E-state index in [2.05, 4.69) is 6.92 Å². The third-order valence-electron chi connectivity index (χ3n) is 3.76. The van der Waals surface area contributed by atoms with Gasteiger partial charge in [-0.1, -0.05) is 51.5 Å². The van der Waals surface area contributed by atoms with E-state index in [1.54, 1.807) is 0 Å². The highest BCUT2D eigenvalue weighted by Gasteiger charge is 2.22. The molecule has 0 heterocycles. The van der Waals surface area contributed by atoms with Gasteiger partial charge in [0, 0.05) is 0 Å². The lowest BCUT2D eigenvalue weighted by atomic mass is 9.98. The normalized spacial score (nSPS) is 10.6. The van der Waals surface area contributed by atoms with Gasteiger partial charge >= 0.3 is 11.9 Å². The molecule has 0 spiro atoms. The van der Waals surface area contributed by atoms with E-state index < -0.39 is 23.3 Å². The fourth-order valence-corrected chi connectivity index (χ4v) is 2.50. The molecular weight excluding hydrogens is 284 g/mol. The van der Waals surface area contributed by atoms with Crippen LogP contribution < -0.4 is 0 Å². The van der Waals surface area contributed by atoms with Crippen molar-refractivity contribution in [2.45, 2.75) is 58.3 Å². The molecule has 3 N–H and O–H groups in total. The molecule has 1 aromatic rings. The first-order chi connectivity index (χ1) is 10.5. The first-order valence-corrected chi connectivity index (χ1v) is 7.80. The summed E-state index contributed by atoms with van der Waals surface area (Å²) in [5, 5.41) is 28.1. The topological polar surface area (TPSA) is 94.8 Å². The van der Waals surface area contributed by atoms with Crippen molar-refractivity contribution in [3.8, 4) is 5.75 Å². The van der Waals surface area contributed by atoms with Crippen LogP contribution in [0.2, 0.25) is 0 Å². The number of unbranched alkanes of at least 4 members (excludes halogenated alkanes) is 6. The van der Waals surface area contributed by atoms with Crippen molar-refractivity contribution in [2.24, 2.45) is 0 Å². The average molecular weight is 308 g/mol. The van der Waals surface area contributed by atoms with Gasteiger partial charge in [0.05, 0.1) is 5.56 Å². The number of hydrogen-bond acceptors (Lipinski definition) is 3. The zero-order valence-electron chi connectivity index (χ0n) is 13.0. The van der Waals surface area contributed by atoms with E-state index in [0.717, 1.165) is 19.3 Å². The van der Waals surface area contributed by atoms with E-state index in [0.29, 0.717) is 12.0 Å². The van der Waals surface area contributed by atoms with Crippen LogP contribution in [0.1, 0.15) is 78.1 Å². The van der Waals surface area contributed by atoms with Gasteiger partial charge in [0.15, 0.2) is 0 Å². The molecule has 1 rings (SSSR count). The minimum absolute atomic E-state index is 0.381. The Hall–Kier alpha value is -2.04. The quantitative estimate of drug-likeness (QED) is 0.566. The number of carboxylic acids is 2. The average Bonchev–Trinajstić information content (AvgIpc) is 2.46. The molecule has 0 aliphatic carbocycles. The maximum absolute atomic E-state index is 11.2. The number of hydrogen-bond donors (Lipinski definition) is 3. The Bertz CT molecular complexity index is 522. The maximum Gasteiger partial charge on any atom is 0.340 e. The van der Waals surface area contributed by atoms with E-state index in [1.165, 1.54) is 37.8 Å². The van der Waals surface area contributed by atoms with Gasteiger partial charge in [-0.3, -0.25) is 0 Å². The molecule has 0 unspecified atom stereocenters. The number of rotatable bonds is 10. The minimum atomic E-state index is -1.42. The third kappa shape index (κ3) is 5.06. The predicted molar refractivity (Wildman–Crippen MR) is 83.7 cm³/mol. The van der Waals surface area contributed by atoms with Gasteiger partial charge < -0.3 is 15.3 Å². The van der Waals surface area contributed by atoms with E-state index in [4.69, 9.17) is 10.2 Å². The van der Waals surface area contributed by atoms with Gasteiger partial charge in [-0.15, -0.1) is 0 Å². The van der Waals surface area contributed by atoms with Crippen molar-refractivity contribution in [3.05, 3.63) is 28.8 Å². The van der Waals surface area contributed by atoms with E-state index in [-0.39, 0.29) is 5.56 Å². The smallest absolute Gasteiger partial charge is 0.340 e. The second-order valence-corrected chi connectivity index (χ2v) is 5.48. The fourth-order valence-electron chi connectivity index (χ4n) is 2.50. The lowest BCUT2D eigenvalue weighted by Crippen LogP contribution is -2.09. The zero-order valence-corrected chi connectivity index (χ0v) is 13.0. The lowest BCUT2D eigenvalue weighted by molar-refractivity contribution is 0.0648. The number of aryl methyl sites for hydroxylation is 1. The molecule has 22 heavy (non-hydrogen) atoms. The van der Waals surface area contributed by atoms with Crippen LogP contribution in [0.4, 0.5) is 0 Å². The molecule has 0 bridgehead atoms. The number of carbonyl (C=O) groups is 2. The van der Waals surface area contributed by atoms with Gasteiger partial charge in [0.1, 0.15) is 11.3 Å². The Labute approximate surface area is 130 Å². The molecule has 5 heteroatoms. The summed E-state index contributed by atoms with van der Waals surface area (Å²) >= 11 is 0. The van der Waals surface area contributed by atoms with Crippen LogP contribution in [0.15, 0.2) is 12.1 Å². The van der Waals surface area contributed by atoms with Crippen LogP contribution in [-0.4, -0.2) is 27.3 Å². The van der Waals surface area contributed by atoms with Crippen molar-refractivity contribution in [1.82, 2.24) is 0 Å². The summed E-state index contributed by atoms with van der Waals surface area (Å²) in [6.07, 6.45) is 8.44. The van der Waals surface area contributed by atoms with Crippen LogP contribution in [0.3, 0.4) is 0 Å². The molecule has 0 aromatic heterocycles. The largest absolute Gasteiger partial charge is 0.507 e. The van der Waals surface area contributed by atoms with E-state index in [9.17, 15) is 14.7 Å². The molecule has 0 radical (unpaired) electrons. The Morgan fingerprint density at radius 1 is 0.909 bits per heavy atom. The second kappa shape index (κ2) is 9.07. The Balaban J connectivity index is 2.63. The number of benzene rings is 1. The van der Waals surface area contributed by atoms with Crippen LogP contribution in [0, 0.1) is 0 Å². The number of carboxylic acid groups (broad SMARTS) is 2. The molecule has 0 atom stereocenters. The number of phenols is 1. The summed E-state index contributed by atoms with van der Waals surface area (Å²) in [4.78, 5) is 22.2. The van der Waals surface area contributed by atoms with Crippen molar-refractivity contribution >= 4 is 11.9 Å². The third-order valence-corrected chi connectivity index (χ3v) is 3.76. The molecule has 0 aliphatic rings. The second-order valence-electron chi connectivity index (χ2n) is 5.48. The maximum atomic E-state index is 11.2. The van der Waals surface area contributed by atoms with Gasteiger partial charge in [-0.05, 0) is 24.5 Å². The molecule has 0 fully saturated rings. The van der Waals surface area contributed by atoms with Crippen LogP contribution in [-0.2, 0) is 6.42 Å². The Morgan fingerprint density at radius 2 is 1.50 bits per heavy atom. The van der Waals surface area contributed by atoms with E-state index in [1.807, 2.05) is 0 Å². The molecule has 0 saturated heterocycles. The standard InChI is InChI=1S/C17H24O5/c1-2-3-4-5-6-7-8-9-12-10-11-13(16(19)20)14(15(12)18)17(21)22/h10-11,18H,2-9H2,1H3,(H,19,20)(H,21,22). The summed E-state index contributed by atoms with van der Waals surface area (Å²) in [5.41, 5.74) is -0.405. The summed E-state index contributed by atoms with van der Waals surface area (Å²) in [6.45, 7) is 2.17. The molecule has 122 valence electrons. The number of aromatic hydroxyl groups is 1. The first kappa shape index (κ1) is 18.0. The number of aromatic carboxylic acids is 2. The zero-order chi connectivity index (χ0) is 16.5. The summed E-state index contributed by atoms with van der Waals surface area (Å²) in [7, 11) is 0. The fraction of sp³-hybridized carbons (Fsp3) is 0.529. The van der Waals surface area contributed by atoms with Gasteiger partial charge in [-0.25, -0.2) is 9.59 Å². The molecule has 0 saturated carbocycles. The molecule has 5 nitrogen and oxygen atoms in total. The lowest BCUT2D eigenvalue weighted by Gasteiger charge is -2.10. The highest BCUT2D eigenvalue weighted by Crippen LogP contribution is 2.28. The predicted octanol–water partition coefficient (Wildman–Crippen LogP) is 4.08. The minimum Gasteiger partial charge on any atom is -0.507 e. The highest BCUT2D eigenvalue weighted by molar-refractivity contribution is 6.04. The van der Waals surface area contributed by atoms with Crippen molar-refractivity contribution in [3.63, 3.8) is 0 Å². The molecule has 0 amide bonds. The summed E-state index contributed by atoms with van der Waals surface area (Å²) in [5.74, 6) is -3.19. The summed E-state index contributed by atoms with van der Waals surface area (Å²) < 4.78 is 0. The van der Waals surface area contributed by atoms with Crippen LogP contribution in [0.5, 0.6) is 5.75 Å². The van der Waals surface area contributed by atoms with Gasteiger partial charge in [-0.2, -0.15) is 0 Å². The van der Waals surface area contributed by atoms with Crippen LogP contribution >= 0.6 is 0 Å². The van der Waals surface area contributed by atoms with Gasteiger partial charge in [0.2, 0.25) is 0 Å². The van der Waals surface area contributed by atoms with Crippen molar-refractivity contribution < 1.29 is 24.9 Å². The molecule has 0 aliphatic heterocycles. The first-order valence-electron chi connectivity index (χ1n) is 7.80. The van der Waals surface area contributed by atoms with Crippen LogP contribution in [0.25, 0.3) is 0 Å².